The predicted octanol–water partition coefficient (Wildman–Crippen LogP) is 2.84. The van der Waals surface area contributed by atoms with Crippen LogP contribution in [0.1, 0.15) is 37.3 Å². The molecule has 1 aliphatic heterocycles. The summed E-state index contributed by atoms with van der Waals surface area (Å²) in [7, 11) is 1.83. The minimum absolute atomic E-state index is 0.472. The lowest BCUT2D eigenvalue weighted by Crippen LogP contribution is -2.36. The number of ether oxygens (including phenoxy) is 1. The Morgan fingerprint density at radius 2 is 1.76 bits per heavy atom. The average molecular weight is 290 g/mol. The van der Waals surface area contributed by atoms with Gasteiger partial charge in [0.1, 0.15) is 0 Å². The van der Waals surface area contributed by atoms with Crippen molar-refractivity contribution in [2.24, 2.45) is 0 Å². The van der Waals surface area contributed by atoms with Gasteiger partial charge in [0.15, 0.2) is 0 Å². The van der Waals surface area contributed by atoms with Gasteiger partial charge >= 0.3 is 0 Å². The maximum atomic E-state index is 5.43. The molecule has 1 aromatic rings. The van der Waals surface area contributed by atoms with Gasteiger partial charge in [0.2, 0.25) is 0 Å². The van der Waals surface area contributed by atoms with Crippen molar-refractivity contribution >= 4 is 0 Å². The van der Waals surface area contributed by atoms with Crippen LogP contribution in [0.25, 0.3) is 0 Å². The van der Waals surface area contributed by atoms with Gasteiger partial charge in [-0.2, -0.15) is 0 Å². The topological polar surface area (TPSA) is 24.5 Å². The highest BCUT2D eigenvalue weighted by atomic mass is 16.5. The maximum Gasteiger partial charge on any atom is 0.0595 e. The molecular weight excluding hydrogens is 260 g/mol. The fourth-order valence-electron chi connectivity index (χ4n) is 2.91. The zero-order valence-corrected chi connectivity index (χ0v) is 13.6. The smallest absolute Gasteiger partial charge is 0.0595 e. The molecular formula is C18H30N2O. The lowest BCUT2D eigenvalue weighted by Gasteiger charge is -2.31. The summed E-state index contributed by atoms with van der Waals surface area (Å²) in [5, 5.41) is 3.45. The summed E-state index contributed by atoms with van der Waals surface area (Å²) in [4.78, 5) is 2.54. The van der Waals surface area contributed by atoms with Crippen molar-refractivity contribution in [1.29, 1.82) is 0 Å². The average Bonchev–Trinajstić information content (AvgIpc) is 2.54. The molecule has 0 unspecified atom stereocenters. The van der Waals surface area contributed by atoms with Gasteiger partial charge in [-0.1, -0.05) is 31.2 Å². The molecule has 118 valence electrons. The summed E-state index contributed by atoms with van der Waals surface area (Å²) in [5.41, 5.74) is 2.86. The molecule has 0 amide bonds. The van der Waals surface area contributed by atoms with Crippen LogP contribution in [0.5, 0.6) is 0 Å². The standard InChI is InChI=1S/C18H30N2O/c1-3-11-19-12-8-16-4-6-17(7-5-16)15-20-13-9-18(21-2)10-14-20/h4-7,18-19H,3,8-15H2,1-2H3. The molecule has 0 atom stereocenters. The first-order valence-corrected chi connectivity index (χ1v) is 8.35. The molecule has 1 fully saturated rings. The first-order valence-electron chi connectivity index (χ1n) is 8.35. The molecule has 2 rings (SSSR count). The van der Waals surface area contributed by atoms with Gasteiger partial charge < -0.3 is 10.1 Å². The molecule has 0 radical (unpaired) electrons. The molecule has 3 nitrogen and oxygen atoms in total. The molecule has 1 saturated heterocycles. The highest BCUT2D eigenvalue weighted by molar-refractivity contribution is 5.22. The van der Waals surface area contributed by atoms with Gasteiger partial charge in [0.25, 0.3) is 0 Å². The second kappa shape index (κ2) is 9.19. The minimum Gasteiger partial charge on any atom is -0.381 e. The summed E-state index contributed by atoms with van der Waals surface area (Å²) in [6.45, 7) is 7.79. The number of nitrogens with one attached hydrogen (secondary N) is 1. The van der Waals surface area contributed by atoms with Crippen molar-refractivity contribution in [3.8, 4) is 0 Å². The van der Waals surface area contributed by atoms with E-state index >= 15 is 0 Å². The van der Waals surface area contributed by atoms with Gasteiger partial charge in [-0.3, -0.25) is 4.90 Å². The number of nitrogens with zero attached hydrogens (tertiary/aromatic N) is 1. The van der Waals surface area contributed by atoms with Gasteiger partial charge in [-0.05, 0) is 49.9 Å². The Bertz CT molecular complexity index is 383. The van der Waals surface area contributed by atoms with E-state index in [1.165, 1.54) is 17.5 Å². The maximum absolute atomic E-state index is 5.43. The lowest BCUT2D eigenvalue weighted by atomic mass is 10.1. The van der Waals surface area contributed by atoms with Crippen LogP contribution in [0.15, 0.2) is 24.3 Å². The van der Waals surface area contributed by atoms with Gasteiger partial charge in [-0.25, -0.2) is 0 Å². The number of benzene rings is 1. The third kappa shape index (κ3) is 5.77. The monoisotopic (exact) mass is 290 g/mol. The van der Waals surface area contributed by atoms with Crippen LogP contribution >= 0.6 is 0 Å². The summed E-state index contributed by atoms with van der Waals surface area (Å²) in [6, 6.07) is 9.14. The SMILES string of the molecule is CCCNCCc1ccc(CN2CCC(OC)CC2)cc1. The molecule has 1 aromatic carbocycles. The molecule has 1 heterocycles. The van der Waals surface area contributed by atoms with Gasteiger partial charge in [0.05, 0.1) is 6.10 Å². The van der Waals surface area contributed by atoms with E-state index in [-0.39, 0.29) is 0 Å². The molecule has 0 spiro atoms. The third-order valence-electron chi connectivity index (χ3n) is 4.31. The first kappa shape index (κ1) is 16.5. The van der Waals surface area contributed by atoms with Gasteiger partial charge in [0, 0.05) is 26.7 Å². The number of hydrogen-bond donors (Lipinski definition) is 1. The van der Waals surface area contributed by atoms with Crippen LogP contribution in [0.2, 0.25) is 0 Å². The summed E-state index contributed by atoms with van der Waals surface area (Å²) in [5.74, 6) is 0. The fourth-order valence-corrected chi connectivity index (χ4v) is 2.91. The number of likely N-dealkylation sites (tertiary alicyclic amines) is 1. The van der Waals surface area contributed by atoms with Crippen molar-refractivity contribution in [2.45, 2.75) is 45.3 Å². The highest BCUT2D eigenvalue weighted by Crippen LogP contribution is 2.16. The lowest BCUT2D eigenvalue weighted by molar-refractivity contribution is 0.0388. The third-order valence-corrected chi connectivity index (χ3v) is 4.31. The molecule has 0 aliphatic carbocycles. The van der Waals surface area contributed by atoms with E-state index in [2.05, 4.69) is 41.4 Å². The van der Waals surface area contributed by atoms with Crippen molar-refractivity contribution in [3.63, 3.8) is 0 Å². The number of hydrogen-bond acceptors (Lipinski definition) is 3. The Morgan fingerprint density at radius 1 is 1.10 bits per heavy atom. The summed E-state index contributed by atoms with van der Waals surface area (Å²) in [6.07, 6.45) is 5.13. The number of rotatable bonds is 8. The normalized spacial score (nSPS) is 17.2. The quantitative estimate of drug-likeness (QED) is 0.745. The van der Waals surface area contributed by atoms with Crippen LogP contribution in [0.3, 0.4) is 0 Å². The summed E-state index contributed by atoms with van der Waals surface area (Å²) < 4.78 is 5.43. The molecule has 0 saturated carbocycles. The molecule has 3 heteroatoms. The Labute approximate surface area is 129 Å². The summed E-state index contributed by atoms with van der Waals surface area (Å²) >= 11 is 0. The van der Waals surface area contributed by atoms with E-state index in [1.807, 2.05) is 7.11 Å². The number of methoxy groups -OCH3 is 1. The first-order chi connectivity index (χ1) is 10.3. The fraction of sp³-hybridized carbons (Fsp3) is 0.667. The van der Waals surface area contributed by atoms with E-state index in [0.29, 0.717) is 6.10 Å². The van der Waals surface area contributed by atoms with E-state index in [0.717, 1.165) is 52.0 Å². The molecule has 1 N–H and O–H groups in total. The van der Waals surface area contributed by atoms with Crippen LogP contribution in [0, 0.1) is 0 Å². The van der Waals surface area contributed by atoms with E-state index in [4.69, 9.17) is 4.74 Å². The van der Waals surface area contributed by atoms with Crippen LogP contribution in [-0.4, -0.2) is 44.3 Å². The zero-order chi connectivity index (χ0) is 14.9. The van der Waals surface area contributed by atoms with Crippen LogP contribution < -0.4 is 5.32 Å². The minimum atomic E-state index is 0.472. The largest absolute Gasteiger partial charge is 0.381 e. The van der Waals surface area contributed by atoms with E-state index in [9.17, 15) is 0 Å². The molecule has 21 heavy (non-hydrogen) atoms. The number of piperidine rings is 1. The van der Waals surface area contributed by atoms with Gasteiger partial charge in [-0.15, -0.1) is 0 Å². The Morgan fingerprint density at radius 3 is 2.38 bits per heavy atom. The van der Waals surface area contributed by atoms with Crippen molar-refractivity contribution in [1.82, 2.24) is 10.2 Å². The van der Waals surface area contributed by atoms with E-state index in [1.54, 1.807) is 0 Å². The van der Waals surface area contributed by atoms with Crippen molar-refractivity contribution in [3.05, 3.63) is 35.4 Å². The zero-order valence-electron chi connectivity index (χ0n) is 13.6. The second-order valence-corrected chi connectivity index (χ2v) is 6.03. The van der Waals surface area contributed by atoms with Crippen LogP contribution in [0.4, 0.5) is 0 Å². The van der Waals surface area contributed by atoms with Crippen molar-refractivity contribution in [2.75, 3.05) is 33.3 Å². The molecule has 1 aliphatic rings. The Hall–Kier alpha value is -0.900. The Balaban J connectivity index is 1.72. The van der Waals surface area contributed by atoms with Crippen molar-refractivity contribution < 1.29 is 4.74 Å². The van der Waals surface area contributed by atoms with E-state index < -0.39 is 0 Å². The Kier molecular flexibility index (Phi) is 7.20. The highest BCUT2D eigenvalue weighted by Gasteiger charge is 2.18. The van der Waals surface area contributed by atoms with Crippen LogP contribution in [-0.2, 0) is 17.7 Å². The molecule has 0 bridgehead atoms. The molecule has 0 aromatic heterocycles. The second-order valence-electron chi connectivity index (χ2n) is 6.03. The predicted molar refractivity (Wildman–Crippen MR) is 88.6 cm³/mol.